The second-order valence-corrected chi connectivity index (χ2v) is 4.27. The van der Waals surface area contributed by atoms with Crippen LogP contribution in [0, 0.1) is 0 Å². The van der Waals surface area contributed by atoms with E-state index in [2.05, 4.69) is 13.2 Å². The van der Waals surface area contributed by atoms with E-state index in [4.69, 9.17) is 4.74 Å². The Bertz CT molecular complexity index is 106. The van der Waals surface area contributed by atoms with E-state index in [1.165, 1.54) is 31.4 Å². The van der Waals surface area contributed by atoms with Crippen LogP contribution >= 0.6 is 11.8 Å². The highest BCUT2D eigenvalue weighted by atomic mass is 32.2. The molecule has 1 aliphatic rings. The van der Waals surface area contributed by atoms with E-state index in [0.717, 1.165) is 0 Å². The molecule has 0 aliphatic carbocycles. The van der Waals surface area contributed by atoms with Gasteiger partial charge in [0.15, 0.2) is 0 Å². The topological polar surface area (TPSA) is 9.23 Å². The number of hydrogen-bond donors (Lipinski definition) is 0. The summed E-state index contributed by atoms with van der Waals surface area (Å²) in [7, 11) is 0. The molecular weight excluding hydrogens is 156 g/mol. The summed E-state index contributed by atoms with van der Waals surface area (Å²) in [4.78, 5) is 0. The zero-order chi connectivity index (χ0) is 8.10. The molecule has 1 saturated heterocycles. The normalized spacial score (nSPS) is 31.1. The molecule has 1 aliphatic heterocycles. The van der Waals surface area contributed by atoms with E-state index in [1.807, 2.05) is 11.8 Å². The molecule has 0 spiro atoms. The van der Waals surface area contributed by atoms with Crippen molar-refractivity contribution in [1.29, 1.82) is 0 Å². The van der Waals surface area contributed by atoms with Crippen molar-refractivity contribution >= 4 is 11.8 Å². The zero-order valence-electron chi connectivity index (χ0n) is 7.51. The van der Waals surface area contributed by atoms with Gasteiger partial charge in [-0.2, -0.15) is 11.8 Å². The molecule has 1 fully saturated rings. The van der Waals surface area contributed by atoms with Crippen LogP contribution in [-0.4, -0.2) is 24.2 Å². The third kappa shape index (κ3) is 3.48. The molecule has 1 rings (SSSR count). The van der Waals surface area contributed by atoms with Crippen molar-refractivity contribution in [2.75, 3.05) is 12.0 Å². The standard InChI is InChI=1S/C9H18OS/c1-8-5-6-9(10-8)4-3-7-11-2/h8-9H,3-7H2,1-2H3. The van der Waals surface area contributed by atoms with Gasteiger partial charge in [0.1, 0.15) is 0 Å². The minimum absolute atomic E-state index is 0.522. The molecule has 2 atom stereocenters. The number of hydrogen-bond acceptors (Lipinski definition) is 2. The zero-order valence-corrected chi connectivity index (χ0v) is 8.32. The second kappa shape index (κ2) is 5.04. The Morgan fingerprint density at radius 2 is 2.27 bits per heavy atom. The van der Waals surface area contributed by atoms with Crippen LogP contribution in [0.15, 0.2) is 0 Å². The van der Waals surface area contributed by atoms with Gasteiger partial charge in [0.25, 0.3) is 0 Å². The smallest absolute Gasteiger partial charge is 0.0580 e. The maximum atomic E-state index is 5.70. The van der Waals surface area contributed by atoms with Crippen LogP contribution in [-0.2, 0) is 4.74 Å². The molecule has 1 nitrogen and oxygen atoms in total. The van der Waals surface area contributed by atoms with Gasteiger partial charge in [-0.25, -0.2) is 0 Å². The van der Waals surface area contributed by atoms with Gasteiger partial charge in [0.2, 0.25) is 0 Å². The number of ether oxygens (including phenoxy) is 1. The van der Waals surface area contributed by atoms with Gasteiger partial charge in [-0.05, 0) is 44.6 Å². The summed E-state index contributed by atoms with van der Waals surface area (Å²) in [6.45, 7) is 2.18. The summed E-state index contributed by atoms with van der Waals surface area (Å²) in [5.41, 5.74) is 0. The molecule has 0 amide bonds. The van der Waals surface area contributed by atoms with Crippen LogP contribution in [0.25, 0.3) is 0 Å². The van der Waals surface area contributed by atoms with Crippen molar-refractivity contribution in [3.63, 3.8) is 0 Å². The van der Waals surface area contributed by atoms with Gasteiger partial charge >= 0.3 is 0 Å². The highest BCUT2D eigenvalue weighted by Gasteiger charge is 2.20. The summed E-state index contributed by atoms with van der Waals surface area (Å²) >= 11 is 1.93. The van der Waals surface area contributed by atoms with Gasteiger partial charge in [0.05, 0.1) is 12.2 Å². The van der Waals surface area contributed by atoms with Crippen LogP contribution in [0.4, 0.5) is 0 Å². The maximum Gasteiger partial charge on any atom is 0.0580 e. The van der Waals surface area contributed by atoms with Gasteiger partial charge in [-0.1, -0.05) is 0 Å². The monoisotopic (exact) mass is 174 g/mol. The van der Waals surface area contributed by atoms with E-state index in [-0.39, 0.29) is 0 Å². The van der Waals surface area contributed by atoms with Crippen molar-refractivity contribution in [2.45, 2.75) is 44.8 Å². The first-order valence-corrected chi connectivity index (χ1v) is 5.86. The predicted octanol–water partition coefficient (Wildman–Crippen LogP) is 2.70. The van der Waals surface area contributed by atoms with Crippen molar-refractivity contribution in [1.82, 2.24) is 0 Å². The Labute approximate surface area is 73.9 Å². The first kappa shape index (κ1) is 9.40. The summed E-state index contributed by atoms with van der Waals surface area (Å²) in [5.74, 6) is 1.29. The molecule has 1 heterocycles. The third-order valence-corrected chi connectivity index (χ3v) is 2.89. The molecule has 0 saturated carbocycles. The van der Waals surface area contributed by atoms with Crippen molar-refractivity contribution in [3.8, 4) is 0 Å². The largest absolute Gasteiger partial charge is 0.375 e. The van der Waals surface area contributed by atoms with Crippen molar-refractivity contribution in [2.24, 2.45) is 0 Å². The molecule has 0 N–H and O–H groups in total. The Balaban J connectivity index is 1.99. The predicted molar refractivity (Wildman–Crippen MR) is 51.2 cm³/mol. The van der Waals surface area contributed by atoms with Gasteiger partial charge in [0, 0.05) is 0 Å². The molecule has 0 aromatic carbocycles. The minimum atomic E-state index is 0.522. The Morgan fingerprint density at radius 3 is 2.82 bits per heavy atom. The summed E-state index contributed by atoms with van der Waals surface area (Å²) < 4.78 is 5.70. The van der Waals surface area contributed by atoms with Crippen LogP contribution in [0.2, 0.25) is 0 Å². The summed E-state index contributed by atoms with van der Waals surface area (Å²) in [5, 5.41) is 0. The number of rotatable bonds is 4. The van der Waals surface area contributed by atoms with E-state index in [0.29, 0.717) is 12.2 Å². The lowest BCUT2D eigenvalue weighted by Crippen LogP contribution is -2.07. The Hall–Kier alpha value is 0.310. The number of thioether (sulfide) groups is 1. The van der Waals surface area contributed by atoms with E-state index >= 15 is 0 Å². The third-order valence-electron chi connectivity index (χ3n) is 2.19. The van der Waals surface area contributed by atoms with Crippen molar-refractivity contribution < 1.29 is 4.74 Å². The summed E-state index contributed by atoms with van der Waals surface area (Å²) in [6.07, 6.45) is 8.41. The Kier molecular flexibility index (Phi) is 4.31. The lowest BCUT2D eigenvalue weighted by Gasteiger charge is -2.09. The molecule has 66 valence electrons. The molecule has 2 unspecified atom stereocenters. The highest BCUT2D eigenvalue weighted by molar-refractivity contribution is 7.98. The fourth-order valence-corrected chi connectivity index (χ4v) is 2.01. The molecule has 0 aromatic rings. The van der Waals surface area contributed by atoms with E-state index < -0.39 is 0 Å². The molecule has 11 heavy (non-hydrogen) atoms. The van der Waals surface area contributed by atoms with Crippen LogP contribution < -0.4 is 0 Å². The molecule has 0 aromatic heterocycles. The average Bonchev–Trinajstić information content (AvgIpc) is 2.37. The molecule has 0 bridgehead atoms. The van der Waals surface area contributed by atoms with Crippen LogP contribution in [0.5, 0.6) is 0 Å². The summed E-state index contributed by atoms with van der Waals surface area (Å²) in [6, 6.07) is 0. The lowest BCUT2D eigenvalue weighted by atomic mass is 10.1. The van der Waals surface area contributed by atoms with E-state index in [1.54, 1.807) is 0 Å². The van der Waals surface area contributed by atoms with Gasteiger partial charge in [-0.3, -0.25) is 0 Å². The quantitative estimate of drug-likeness (QED) is 0.606. The van der Waals surface area contributed by atoms with E-state index in [9.17, 15) is 0 Å². The van der Waals surface area contributed by atoms with Gasteiger partial charge in [-0.15, -0.1) is 0 Å². The van der Waals surface area contributed by atoms with Crippen LogP contribution in [0.3, 0.4) is 0 Å². The molecule has 0 radical (unpaired) electrons. The molecule has 2 heteroatoms. The van der Waals surface area contributed by atoms with Crippen molar-refractivity contribution in [3.05, 3.63) is 0 Å². The van der Waals surface area contributed by atoms with Gasteiger partial charge < -0.3 is 4.74 Å². The SMILES string of the molecule is CSCCCC1CCC(C)O1. The maximum absolute atomic E-state index is 5.70. The van der Waals surface area contributed by atoms with Crippen LogP contribution in [0.1, 0.15) is 32.6 Å². The first-order chi connectivity index (χ1) is 5.33. The fourth-order valence-electron chi connectivity index (χ4n) is 1.55. The second-order valence-electron chi connectivity index (χ2n) is 3.28. The fraction of sp³-hybridized carbons (Fsp3) is 1.00. The Morgan fingerprint density at radius 1 is 1.45 bits per heavy atom. The lowest BCUT2D eigenvalue weighted by molar-refractivity contribution is 0.0508. The highest BCUT2D eigenvalue weighted by Crippen LogP contribution is 2.22. The average molecular weight is 174 g/mol. The minimum Gasteiger partial charge on any atom is -0.375 e. The first-order valence-electron chi connectivity index (χ1n) is 4.47. The molecular formula is C9H18OS.